The van der Waals surface area contributed by atoms with E-state index in [2.05, 4.69) is 20.1 Å². The van der Waals surface area contributed by atoms with Crippen molar-refractivity contribution in [3.8, 4) is 0 Å². The molecule has 0 aliphatic carbocycles. The number of likely N-dealkylation sites (N-methyl/N-ethyl adjacent to an activating group) is 2. The molecule has 2 unspecified atom stereocenters. The van der Waals surface area contributed by atoms with Crippen molar-refractivity contribution in [2.24, 2.45) is 0 Å². The highest BCUT2D eigenvalue weighted by molar-refractivity contribution is 5.87. The minimum Gasteiger partial charge on any atom is -0.468 e. The zero-order valence-electron chi connectivity index (χ0n) is 8.79. The molecule has 0 bridgehead atoms. The monoisotopic (exact) mass is 204 g/mol. The fourth-order valence-electron chi connectivity index (χ4n) is 1.10. The van der Waals surface area contributed by atoms with E-state index in [-0.39, 0.29) is 0 Å². The fourth-order valence-corrected chi connectivity index (χ4v) is 1.10. The molecular formula is C8H16N2O4. The van der Waals surface area contributed by atoms with E-state index in [9.17, 15) is 9.59 Å². The van der Waals surface area contributed by atoms with Gasteiger partial charge in [0.15, 0.2) is 0 Å². The van der Waals surface area contributed by atoms with Crippen LogP contribution in [-0.2, 0) is 19.1 Å². The van der Waals surface area contributed by atoms with Gasteiger partial charge in [-0.3, -0.25) is 9.59 Å². The van der Waals surface area contributed by atoms with Crippen molar-refractivity contribution in [2.75, 3.05) is 28.3 Å². The second-order valence-electron chi connectivity index (χ2n) is 2.58. The van der Waals surface area contributed by atoms with Gasteiger partial charge in [0.25, 0.3) is 0 Å². The van der Waals surface area contributed by atoms with Crippen LogP contribution in [0.5, 0.6) is 0 Å². The van der Waals surface area contributed by atoms with Gasteiger partial charge >= 0.3 is 11.9 Å². The summed E-state index contributed by atoms with van der Waals surface area (Å²) >= 11 is 0. The zero-order chi connectivity index (χ0) is 11.1. The molecule has 0 aromatic carbocycles. The number of ether oxygens (including phenoxy) is 2. The summed E-state index contributed by atoms with van der Waals surface area (Å²) in [6.45, 7) is 0. The quantitative estimate of drug-likeness (QED) is 0.531. The van der Waals surface area contributed by atoms with E-state index in [1.807, 2.05) is 0 Å². The lowest BCUT2D eigenvalue weighted by Gasteiger charge is -2.21. The van der Waals surface area contributed by atoms with E-state index in [0.717, 1.165) is 0 Å². The summed E-state index contributed by atoms with van der Waals surface area (Å²) in [5.41, 5.74) is 0. The third-order valence-electron chi connectivity index (χ3n) is 1.87. The minimum atomic E-state index is -0.752. The number of carbonyl (C=O) groups is 2. The van der Waals surface area contributed by atoms with Crippen LogP contribution in [0.4, 0.5) is 0 Å². The standard InChI is InChI=1S/C8H16N2O4/c1-9-5(7(11)13-3)6(10-2)8(12)14-4/h5-6,9-10H,1-4H3. The third kappa shape index (κ3) is 2.97. The van der Waals surface area contributed by atoms with Crippen molar-refractivity contribution >= 4 is 11.9 Å². The topological polar surface area (TPSA) is 76.7 Å². The molecule has 6 heteroatoms. The van der Waals surface area contributed by atoms with Crippen molar-refractivity contribution in [1.82, 2.24) is 10.6 Å². The Labute approximate surface area is 82.9 Å². The molecule has 0 heterocycles. The van der Waals surface area contributed by atoms with Crippen LogP contribution in [-0.4, -0.2) is 52.3 Å². The summed E-state index contributed by atoms with van der Waals surface area (Å²) in [5.74, 6) is -1.03. The Hall–Kier alpha value is -1.14. The predicted octanol–water partition coefficient (Wildman–Crippen LogP) is -1.49. The van der Waals surface area contributed by atoms with Crippen molar-refractivity contribution in [2.45, 2.75) is 12.1 Å². The highest BCUT2D eigenvalue weighted by Gasteiger charge is 2.32. The van der Waals surface area contributed by atoms with Gasteiger partial charge in [-0.15, -0.1) is 0 Å². The van der Waals surface area contributed by atoms with E-state index < -0.39 is 24.0 Å². The summed E-state index contributed by atoms with van der Waals surface area (Å²) < 4.78 is 9.06. The van der Waals surface area contributed by atoms with E-state index in [4.69, 9.17) is 0 Å². The Morgan fingerprint density at radius 3 is 1.36 bits per heavy atom. The van der Waals surface area contributed by atoms with Gasteiger partial charge in [0.05, 0.1) is 14.2 Å². The van der Waals surface area contributed by atoms with Crippen LogP contribution in [0.3, 0.4) is 0 Å². The molecule has 0 aliphatic heterocycles. The van der Waals surface area contributed by atoms with Crippen LogP contribution in [0, 0.1) is 0 Å². The minimum absolute atomic E-state index is 0.516. The Bertz CT molecular complexity index is 186. The van der Waals surface area contributed by atoms with E-state index in [0.29, 0.717) is 0 Å². The maximum absolute atomic E-state index is 11.2. The number of hydrogen-bond acceptors (Lipinski definition) is 6. The molecule has 2 atom stereocenters. The van der Waals surface area contributed by atoms with Crippen LogP contribution in [0.25, 0.3) is 0 Å². The molecule has 14 heavy (non-hydrogen) atoms. The maximum Gasteiger partial charge on any atom is 0.325 e. The molecule has 0 saturated heterocycles. The van der Waals surface area contributed by atoms with Gasteiger partial charge < -0.3 is 20.1 Å². The highest BCUT2D eigenvalue weighted by Crippen LogP contribution is 1.98. The molecule has 0 rings (SSSR count). The summed E-state index contributed by atoms with van der Waals surface area (Å²) in [4.78, 5) is 22.5. The Morgan fingerprint density at radius 1 is 0.929 bits per heavy atom. The van der Waals surface area contributed by atoms with E-state index in [1.54, 1.807) is 14.1 Å². The van der Waals surface area contributed by atoms with Crippen molar-refractivity contribution in [3.05, 3.63) is 0 Å². The number of carbonyl (C=O) groups excluding carboxylic acids is 2. The van der Waals surface area contributed by atoms with Crippen LogP contribution in [0.1, 0.15) is 0 Å². The summed E-state index contributed by atoms with van der Waals surface area (Å²) in [6, 6.07) is -1.50. The molecule has 0 aliphatic rings. The lowest BCUT2D eigenvalue weighted by Crippen LogP contribution is -2.55. The Kier molecular flexibility index (Phi) is 5.82. The van der Waals surface area contributed by atoms with E-state index in [1.165, 1.54) is 14.2 Å². The Balaban J connectivity index is 4.60. The molecule has 6 nitrogen and oxygen atoms in total. The smallest absolute Gasteiger partial charge is 0.325 e. The number of rotatable bonds is 5. The van der Waals surface area contributed by atoms with E-state index >= 15 is 0 Å². The molecule has 82 valence electrons. The van der Waals surface area contributed by atoms with Gasteiger partial charge in [0.2, 0.25) is 0 Å². The van der Waals surface area contributed by atoms with Crippen LogP contribution in [0.15, 0.2) is 0 Å². The van der Waals surface area contributed by atoms with Gasteiger partial charge in [-0.25, -0.2) is 0 Å². The van der Waals surface area contributed by atoms with Crippen molar-refractivity contribution < 1.29 is 19.1 Å². The second kappa shape index (κ2) is 6.33. The first-order chi connectivity index (χ1) is 6.62. The van der Waals surface area contributed by atoms with Crippen LogP contribution in [0.2, 0.25) is 0 Å². The first kappa shape index (κ1) is 12.9. The summed E-state index contributed by atoms with van der Waals surface area (Å²) in [7, 11) is 5.65. The Morgan fingerprint density at radius 2 is 1.21 bits per heavy atom. The molecular weight excluding hydrogens is 188 g/mol. The number of methoxy groups -OCH3 is 2. The van der Waals surface area contributed by atoms with Gasteiger partial charge in [-0.2, -0.15) is 0 Å². The molecule has 2 N–H and O–H groups in total. The summed E-state index contributed by atoms with van der Waals surface area (Å²) in [5, 5.41) is 5.36. The fraction of sp³-hybridized carbons (Fsp3) is 0.750. The average Bonchev–Trinajstić information content (AvgIpc) is 2.23. The van der Waals surface area contributed by atoms with Crippen LogP contribution < -0.4 is 10.6 Å². The number of nitrogens with one attached hydrogen (secondary N) is 2. The van der Waals surface area contributed by atoms with Gasteiger partial charge in [0.1, 0.15) is 12.1 Å². The maximum atomic E-state index is 11.2. The SMILES string of the molecule is CNC(C(=O)OC)C(NC)C(=O)OC. The van der Waals surface area contributed by atoms with Crippen molar-refractivity contribution in [3.63, 3.8) is 0 Å². The predicted molar refractivity (Wildman–Crippen MR) is 49.7 cm³/mol. The van der Waals surface area contributed by atoms with Crippen molar-refractivity contribution in [1.29, 1.82) is 0 Å². The number of esters is 2. The molecule has 0 saturated carbocycles. The molecule has 0 amide bonds. The van der Waals surface area contributed by atoms with Gasteiger partial charge in [-0.05, 0) is 14.1 Å². The highest BCUT2D eigenvalue weighted by atomic mass is 16.5. The molecule has 0 aromatic heterocycles. The van der Waals surface area contributed by atoms with Gasteiger partial charge in [-0.1, -0.05) is 0 Å². The second-order valence-corrected chi connectivity index (χ2v) is 2.58. The first-order valence-corrected chi connectivity index (χ1v) is 4.12. The molecule has 0 radical (unpaired) electrons. The van der Waals surface area contributed by atoms with Crippen LogP contribution >= 0.6 is 0 Å². The zero-order valence-corrected chi connectivity index (χ0v) is 8.79. The lowest BCUT2D eigenvalue weighted by atomic mass is 10.1. The molecule has 0 fully saturated rings. The summed E-state index contributed by atoms with van der Waals surface area (Å²) in [6.07, 6.45) is 0. The lowest BCUT2D eigenvalue weighted by molar-refractivity contribution is -0.151. The number of hydrogen-bond donors (Lipinski definition) is 2. The normalized spacial score (nSPS) is 14.3. The average molecular weight is 204 g/mol. The first-order valence-electron chi connectivity index (χ1n) is 4.12. The largest absolute Gasteiger partial charge is 0.468 e. The molecule has 0 aromatic rings. The van der Waals surface area contributed by atoms with Gasteiger partial charge in [0, 0.05) is 0 Å². The third-order valence-corrected chi connectivity index (χ3v) is 1.87. The molecule has 0 spiro atoms.